The molecule has 0 N–H and O–H groups in total. The molecule has 0 aliphatic carbocycles. The van der Waals surface area contributed by atoms with Gasteiger partial charge in [0.05, 0.1) is 26.4 Å². The van der Waals surface area contributed by atoms with E-state index in [0.29, 0.717) is 52.0 Å². The molecule has 0 aliphatic rings. The van der Waals surface area contributed by atoms with E-state index >= 15 is 0 Å². The number of aromatic nitrogens is 3. The fourth-order valence-corrected chi connectivity index (χ4v) is 3.95. The molecule has 3 aromatic carbocycles. The van der Waals surface area contributed by atoms with E-state index in [9.17, 15) is 4.79 Å². The largest absolute Gasteiger partial charge is 0.494 e. The van der Waals surface area contributed by atoms with Crippen molar-refractivity contribution in [1.29, 1.82) is 0 Å². The van der Waals surface area contributed by atoms with E-state index in [4.69, 9.17) is 18.7 Å². The Labute approximate surface area is 201 Å². The van der Waals surface area contributed by atoms with E-state index in [1.807, 2.05) is 55.5 Å². The van der Waals surface area contributed by atoms with Crippen molar-refractivity contribution in [3.8, 4) is 45.8 Å². The van der Waals surface area contributed by atoms with Gasteiger partial charge in [0.1, 0.15) is 5.75 Å². The Morgan fingerprint density at radius 3 is 2.37 bits per heavy atom. The zero-order valence-electron chi connectivity index (χ0n) is 19.5. The molecule has 2 heterocycles. The first-order chi connectivity index (χ1) is 17.1. The summed E-state index contributed by atoms with van der Waals surface area (Å²) in [5.74, 6) is 2.59. The lowest BCUT2D eigenvalue weighted by Crippen LogP contribution is -2.18. The molecule has 0 aliphatic heterocycles. The molecule has 0 saturated heterocycles. The number of methoxy groups -OCH3 is 2. The minimum atomic E-state index is -0.145. The highest BCUT2D eigenvalue weighted by atomic mass is 16.5. The topological polar surface area (TPSA) is 88.6 Å². The van der Waals surface area contributed by atoms with Gasteiger partial charge in [0.15, 0.2) is 11.5 Å². The number of benzene rings is 3. The Hall–Kier alpha value is -4.59. The summed E-state index contributed by atoms with van der Waals surface area (Å²) in [6, 6.07) is 20.1. The molecule has 35 heavy (non-hydrogen) atoms. The number of hydrogen-bond acceptors (Lipinski definition) is 7. The highest BCUT2D eigenvalue weighted by Gasteiger charge is 2.18. The van der Waals surface area contributed by atoms with Gasteiger partial charge in [-0.15, -0.1) is 0 Å². The summed E-state index contributed by atoms with van der Waals surface area (Å²) in [4.78, 5) is 17.9. The lowest BCUT2D eigenvalue weighted by molar-refractivity contribution is 0.340. The van der Waals surface area contributed by atoms with E-state index < -0.39 is 0 Å². The van der Waals surface area contributed by atoms with Crippen LogP contribution in [0.3, 0.4) is 0 Å². The van der Waals surface area contributed by atoms with Gasteiger partial charge in [0.25, 0.3) is 11.4 Å². The van der Waals surface area contributed by atoms with Crippen molar-refractivity contribution < 1.29 is 18.7 Å². The fourth-order valence-electron chi connectivity index (χ4n) is 3.95. The second-order valence-corrected chi connectivity index (χ2v) is 7.68. The molecule has 0 atom stereocenters. The summed E-state index contributed by atoms with van der Waals surface area (Å²) in [6.45, 7) is 2.49. The van der Waals surface area contributed by atoms with Gasteiger partial charge in [0, 0.05) is 28.2 Å². The quantitative estimate of drug-likeness (QED) is 0.327. The monoisotopic (exact) mass is 469 g/mol. The highest BCUT2D eigenvalue weighted by Crippen LogP contribution is 2.33. The van der Waals surface area contributed by atoms with E-state index in [1.54, 1.807) is 43.2 Å². The molecule has 0 saturated carbocycles. The molecule has 0 radical (unpaired) electrons. The SMILES string of the molecule is CCOc1ccc(-n2cc(-c3nc(-c4ccc(OC)c(OC)c4)no3)c3ccccc3c2=O)cc1. The molecular weight excluding hydrogens is 446 g/mol. The molecule has 5 rings (SSSR count). The van der Waals surface area contributed by atoms with Crippen LogP contribution in [0.25, 0.3) is 39.3 Å². The minimum Gasteiger partial charge on any atom is -0.494 e. The number of hydrogen-bond donors (Lipinski definition) is 0. The first-order valence-corrected chi connectivity index (χ1v) is 11.1. The number of pyridine rings is 1. The van der Waals surface area contributed by atoms with Crippen LogP contribution in [-0.4, -0.2) is 35.5 Å². The van der Waals surface area contributed by atoms with Crippen LogP contribution in [-0.2, 0) is 0 Å². The lowest BCUT2D eigenvalue weighted by Gasteiger charge is -2.11. The Morgan fingerprint density at radius 2 is 1.66 bits per heavy atom. The van der Waals surface area contributed by atoms with E-state index in [0.717, 1.165) is 11.1 Å². The molecule has 0 fully saturated rings. The maximum atomic E-state index is 13.3. The van der Waals surface area contributed by atoms with Gasteiger partial charge >= 0.3 is 0 Å². The average molecular weight is 469 g/mol. The third-order valence-corrected chi connectivity index (χ3v) is 5.65. The summed E-state index contributed by atoms with van der Waals surface area (Å²) >= 11 is 0. The number of ether oxygens (including phenoxy) is 3. The zero-order valence-corrected chi connectivity index (χ0v) is 19.5. The van der Waals surface area contributed by atoms with E-state index in [-0.39, 0.29) is 5.56 Å². The predicted molar refractivity (Wildman–Crippen MR) is 133 cm³/mol. The molecule has 0 amide bonds. The van der Waals surface area contributed by atoms with Crippen LogP contribution in [0.2, 0.25) is 0 Å². The van der Waals surface area contributed by atoms with Crippen molar-refractivity contribution in [2.24, 2.45) is 0 Å². The van der Waals surface area contributed by atoms with Crippen molar-refractivity contribution >= 4 is 10.8 Å². The summed E-state index contributed by atoms with van der Waals surface area (Å²) in [5.41, 5.74) is 1.91. The van der Waals surface area contributed by atoms with Crippen molar-refractivity contribution in [2.75, 3.05) is 20.8 Å². The van der Waals surface area contributed by atoms with Gasteiger partial charge in [-0.3, -0.25) is 9.36 Å². The van der Waals surface area contributed by atoms with E-state index in [1.165, 1.54) is 0 Å². The first kappa shape index (κ1) is 22.2. The first-order valence-electron chi connectivity index (χ1n) is 11.1. The molecule has 0 spiro atoms. The Balaban J connectivity index is 1.63. The van der Waals surface area contributed by atoms with Crippen LogP contribution in [0.15, 0.2) is 82.2 Å². The van der Waals surface area contributed by atoms with Crippen molar-refractivity contribution in [3.63, 3.8) is 0 Å². The number of nitrogens with zero attached hydrogens (tertiary/aromatic N) is 3. The van der Waals surface area contributed by atoms with E-state index in [2.05, 4.69) is 10.1 Å². The van der Waals surface area contributed by atoms with Gasteiger partial charge in [-0.25, -0.2) is 0 Å². The minimum absolute atomic E-state index is 0.145. The fraction of sp³-hybridized carbons (Fsp3) is 0.148. The Morgan fingerprint density at radius 1 is 0.914 bits per heavy atom. The molecule has 5 aromatic rings. The van der Waals surface area contributed by atoms with Gasteiger partial charge in [-0.2, -0.15) is 4.98 Å². The molecular formula is C27H23N3O5. The van der Waals surface area contributed by atoms with Gasteiger partial charge in [-0.1, -0.05) is 23.4 Å². The van der Waals surface area contributed by atoms with Crippen LogP contribution in [0, 0.1) is 0 Å². The van der Waals surface area contributed by atoms with Crippen LogP contribution in [0.4, 0.5) is 0 Å². The summed E-state index contributed by atoms with van der Waals surface area (Å²) < 4.78 is 23.5. The third kappa shape index (κ3) is 4.10. The average Bonchev–Trinajstić information content (AvgIpc) is 3.39. The molecule has 8 nitrogen and oxygen atoms in total. The van der Waals surface area contributed by atoms with Crippen LogP contribution in [0.1, 0.15) is 6.92 Å². The third-order valence-electron chi connectivity index (χ3n) is 5.65. The van der Waals surface area contributed by atoms with Crippen molar-refractivity contribution in [2.45, 2.75) is 6.92 Å². The summed E-state index contributed by atoms with van der Waals surface area (Å²) in [6.07, 6.45) is 1.73. The standard InChI is InChI=1S/C27H23N3O5/c1-4-34-19-12-10-18(11-13-19)30-16-22(20-7-5-6-8-21(20)27(30)31)26-28-25(29-35-26)17-9-14-23(32-2)24(15-17)33-3/h5-16H,4H2,1-3H3. The normalized spacial score (nSPS) is 10.9. The summed E-state index contributed by atoms with van der Waals surface area (Å²) in [5, 5.41) is 5.44. The maximum Gasteiger partial charge on any atom is 0.262 e. The summed E-state index contributed by atoms with van der Waals surface area (Å²) in [7, 11) is 3.15. The molecule has 0 unspecified atom stereocenters. The van der Waals surface area contributed by atoms with Gasteiger partial charge in [0.2, 0.25) is 5.82 Å². The van der Waals surface area contributed by atoms with Crippen LogP contribution < -0.4 is 19.8 Å². The van der Waals surface area contributed by atoms with Crippen LogP contribution in [0.5, 0.6) is 17.2 Å². The van der Waals surface area contributed by atoms with Crippen LogP contribution >= 0.6 is 0 Å². The maximum absolute atomic E-state index is 13.3. The highest BCUT2D eigenvalue weighted by molar-refractivity contribution is 5.94. The second kappa shape index (κ2) is 9.34. The Bertz CT molecular complexity index is 1550. The van der Waals surface area contributed by atoms with Gasteiger partial charge < -0.3 is 18.7 Å². The van der Waals surface area contributed by atoms with Crippen molar-refractivity contribution in [3.05, 3.63) is 83.3 Å². The smallest absolute Gasteiger partial charge is 0.262 e. The molecule has 2 aromatic heterocycles. The van der Waals surface area contributed by atoms with Gasteiger partial charge in [-0.05, 0) is 55.5 Å². The molecule has 8 heteroatoms. The molecule has 176 valence electrons. The predicted octanol–water partition coefficient (Wildman–Crippen LogP) is 5.12. The second-order valence-electron chi connectivity index (χ2n) is 7.68. The Kier molecular flexibility index (Phi) is 5.93. The lowest BCUT2D eigenvalue weighted by atomic mass is 10.1. The zero-order chi connectivity index (χ0) is 24.4. The van der Waals surface area contributed by atoms with Crippen molar-refractivity contribution in [1.82, 2.24) is 14.7 Å². The number of fused-ring (bicyclic) bond motifs is 1. The number of rotatable bonds is 7. The molecule has 0 bridgehead atoms.